The van der Waals surface area contributed by atoms with Crippen LogP contribution in [0.5, 0.6) is 5.75 Å². The summed E-state index contributed by atoms with van der Waals surface area (Å²) in [6.45, 7) is 0.225. The Morgan fingerprint density at radius 1 is 1.21 bits per heavy atom. The van der Waals surface area contributed by atoms with Crippen LogP contribution in [0.25, 0.3) is 0 Å². The van der Waals surface area contributed by atoms with E-state index in [1.54, 1.807) is 32.4 Å². The molecule has 3 aromatic rings. The minimum Gasteiger partial charge on any atom is -0.495 e. The molecule has 1 aromatic heterocycles. The molecule has 1 heterocycles. The van der Waals surface area contributed by atoms with Gasteiger partial charge in [0.2, 0.25) is 11.0 Å². The van der Waals surface area contributed by atoms with Gasteiger partial charge in [-0.05, 0) is 18.2 Å². The Morgan fingerprint density at radius 2 is 1.96 bits per heavy atom. The number of carbonyl (C=O) groups is 1. The van der Waals surface area contributed by atoms with Crippen molar-refractivity contribution in [3.05, 3.63) is 59.9 Å². The Kier molecular flexibility index (Phi) is 6.83. The van der Waals surface area contributed by atoms with E-state index in [0.29, 0.717) is 20.8 Å². The highest BCUT2D eigenvalue weighted by Crippen LogP contribution is 2.31. The number of thioether (sulfide) groups is 1. The number of methoxy groups -OCH3 is 1. The predicted molar refractivity (Wildman–Crippen MR) is 110 cm³/mol. The molecule has 3 rings (SSSR count). The lowest BCUT2D eigenvalue weighted by Gasteiger charge is -2.17. The van der Waals surface area contributed by atoms with E-state index in [-0.39, 0.29) is 24.0 Å². The summed E-state index contributed by atoms with van der Waals surface area (Å²) < 4.78 is 19.7. The molecule has 0 radical (unpaired) electrons. The van der Waals surface area contributed by atoms with Gasteiger partial charge in [0.05, 0.1) is 18.6 Å². The summed E-state index contributed by atoms with van der Waals surface area (Å²) in [6.07, 6.45) is 0. The van der Waals surface area contributed by atoms with Gasteiger partial charge in [-0.3, -0.25) is 4.79 Å². The first kappa shape index (κ1) is 20.1. The van der Waals surface area contributed by atoms with Gasteiger partial charge < -0.3 is 15.0 Å². The molecule has 0 aliphatic carbocycles. The lowest BCUT2D eigenvalue weighted by Crippen LogP contribution is -2.28. The van der Waals surface area contributed by atoms with Gasteiger partial charge in [-0.2, -0.15) is 0 Å². The normalized spacial score (nSPS) is 10.5. The van der Waals surface area contributed by atoms with E-state index in [9.17, 15) is 9.18 Å². The molecule has 0 saturated carbocycles. The van der Waals surface area contributed by atoms with Gasteiger partial charge in [0.15, 0.2) is 4.34 Å². The van der Waals surface area contributed by atoms with E-state index in [0.717, 1.165) is 5.69 Å². The number of aromatic nitrogens is 2. The van der Waals surface area contributed by atoms with Crippen LogP contribution in [0.4, 0.5) is 15.2 Å². The number of amides is 1. The lowest BCUT2D eigenvalue weighted by molar-refractivity contribution is -0.127. The Morgan fingerprint density at radius 3 is 2.75 bits per heavy atom. The number of nitrogens with one attached hydrogen (secondary N) is 1. The third-order valence-electron chi connectivity index (χ3n) is 3.87. The van der Waals surface area contributed by atoms with E-state index in [2.05, 4.69) is 15.5 Å². The van der Waals surface area contributed by atoms with Crippen molar-refractivity contribution in [2.24, 2.45) is 0 Å². The molecule has 146 valence electrons. The van der Waals surface area contributed by atoms with Gasteiger partial charge in [-0.1, -0.05) is 53.4 Å². The van der Waals surface area contributed by atoms with E-state index in [1.807, 2.05) is 24.3 Å². The lowest BCUT2D eigenvalue weighted by atomic mass is 10.2. The predicted octanol–water partition coefficient (Wildman–Crippen LogP) is 4.18. The molecule has 0 spiro atoms. The van der Waals surface area contributed by atoms with Crippen molar-refractivity contribution in [1.29, 1.82) is 0 Å². The van der Waals surface area contributed by atoms with Gasteiger partial charge in [0, 0.05) is 19.2 Å². The number of hydrogen-bond donors (Lipinski definition) is 1. The van der Waals surface area contributed by atoms with Gasteiger partial charge in [-0.25, -0.2) is 4.39 Å². The second-order valence-corrected chi connectivity index (χ2v) is 8.03. The zero-order valence-electron chi connectivity index (χ0n) is 15.4. The average molecular weight is 419 g/mol. The highest BCUT2D eigenvalue weighted by molar-refractivity contribution is 8.01. The number of ether oxygens (including phenoxy) is 1. The Labute approximate surface area is 170 Å². The number of anilines is 2. The molecular weight excluding hydrogens is 399 g/mol. The van der Waals surface area contributed by atoms with Crippen LogP contribution in [0.15, 0.2) is 52.9 Å². The molecule has 0 unspecified atom stereocenters. The van der Waals surface area contributed by atoms with Crippen molar-refractivity contribution in [1.82, 2.24) is 15.1 Å². The van der Waals surface area contributed by atoms with Crippen LogP contribution in [-0.2, 0) is 11.3 Å². The molecule has 1 amide bonds. The quantitative estimate of drug-likeness (QED) is 0.554. The van der Waals surface area contributed by atoms with Crippen molar-refractivity contribution >= 4 is 39.8 Å². The number of benzene rings is 2. The standard InChI is InChI=1S/C19H19FN4O2S2/c1-24(11-13-7-3-4-8-14(13)20)17(25)12-27-19-23-22-18(28-19)21-15-9-5-6-10-16(15)26-2/h3-10H,11-12H2,1-2H3,(H,21,22). The maximum Gasteiger partial charge on any atom is 0.233 e. The first-order valence-corrected chi connectivity index (χ1v) is 10.2. The average Bonchev–Trinajstić information content (AvgIpc) is 3.15. The van der Waals surface area contributed by atoms with Crippen molar-refractivity contribution in [3.8, 4) is 5.75 Å². The molecule has 0 aliphatic rings. The highest BCUT2D eigenvalue weighted by atomic mass is 32.2. The maximum atomic E-state index is 13.7. The minimum atomic E-state index is -0.314. The molecule has 28 heavy (non-hydrogen) atoms. The van der Waals surface area contributed by atoms with Crippen LogP contribution < -0.4 is 10.1 Å². The zero-order chi connectivity index (χ0) is 19.9. The SMILES string of the molecule is COc1ccccc1Nc1nnc(SCC(=O)N(C)Cc2ccccc2F)s1. The smallest absolute Gasteiger partial charge is 0.233 e. The fourth-order valence-corrected chi connectivity index (χ4v) is 4.09. The third kappa shape index (κ3) is 5.20. The van der Waals surface area contributed by atoms with Gasteiger partial charge in [0.25, 0.3) is 0 Å². The van der Waals surface area contributed by atoms with Crippen LogP contribution in [-0.4, -0.2) is 40.9 Å². The monoisotopic (exact) mass is 418 g/mol. The van der Waals surface area contributed by atoms with Gasteiger partial charge in [-0.15, -0.1) is 10.2 Å². The summed E-state index contributed by atoms with van der Waals surface area (Å²) >= 11 is 2.65. The molecule has 0 fully saturated rings. The largest absolute Gasteiger partial charge is 0.495 e. The number of para-hydroxylation sites is 2. The molecule has 1 N–H and O–H groups in total. The van der Waals surface area contributed by atoms with Crippen molar-refractivity contribution in [3.63, 3.8) is 0 Å². The second kappa shape index (κ2) is 9.52. The van der Waals surface area contributed by atoms with Crippen molar-refractivity contribution in [2.75, 3.05) is 25.2 Å². The van der Waals surface area contributed by atoms with E-state index in [1.165, 1.54) is 34.1 Å². The first-order valence-electron chi connectivity index (χ1n) is 8.40. The Balaban J connectivity index is 1.54. The zero-order valence-corrected chi connectivity index (χ0v) is 17.0. The Hall–Kier alpha value is -2.65. The highest BCUT2D eigenvalue weighted by Gasteiger charge is 2.14. The topological polar surface area (TPSA) is 67.3 Å². The molecular formula is C19H19FN4O2S2. The number of hydrogen-bond acceptors (Lipinski definition) is 7. The second-order valence-electron chi connectivity index (χ2n) is 5.83. The van der Waals surface area contributed by atoms with E-state index >= 15 is 0 Å². The van der Waals surface area contributed by atoms with Gasteiger partial charge >= 0.3 is 0 Å². The first-order chi connectivity index (χ1) is 13.6. The fourth-order valence-electron chi connectivity index (χ4n) is 2.39. The minimum absolute atomic E-state index is 0.109. The number of carbonyl (C=O) groups excluding carboxylic acids is 1. The van der Waals surface area contributed by atoms with Crippen LogP contribution in [0, 0.1) is 5.82 Å². The molecule has 0 aliphatic heterocycles. The third-order valence-corrected chi connectivity index (χ3v) is 5.82. The van der Waals surface area contributed by atoms with Crippen LogP contribution in [0.2, 0.25) is 0 Å². The molecule has 0 saturated heterocycles. The van der Waals surface area contributed by atoms with E-state index in [4.69, 9.17) is 4.74 Å². The fraction of sp³-hybridized carbons (Fsp3) is 0.211. The summed E-state index contributed by atoms with van der Waals surface area (Å²) in [6, 6.07) is 14.0. The summed E-state index contributed by atoms with van der Waals surface area (Å²) in [5.41, 5.74) is 1.28. The number of halogens is 1. The molecule has 0 bridgehead atoms. The van der Waals surface area contributed by atoms with Gasteiger partial charge in [0.1, 0.15) is 11.6 Å². The summed E-state index contributed by atoms with van der Waals surface area (Å²) in [4.78, 5) is 13.8. The van der Waals surface area contributed by atoms with Crippen LogP contribution in [0.3, 0.4) is 0 Å². The summed E-state index contributed by atoms with van der Waals surface area (Å²) in [5, 5.41) is 12.0. The molecule has 6 nitrogen and oxygen atoms in total. The molecule has 2 aromatic carbocycles. The number of rotatable bonds is 8. The molecule has 0 atom stereocenters. The Bertz CT molecular complexity index is 951. The van der Waals surface area contributed by atoms with Crippen LogP contribution in [0.1, 0.15) is 5.56 Å². The maximum absolute atomic E-state index is 13.7. The summed E-state index contributed by atoms with van der Waals surface area (Å²) in [7, 11) is 3.26. The molecule has 9 heteroatoms. The van der Waals surface area contributed by atoms with Crippen molar-refractivity contribution < 1.29 is 13.9 Å². The number of nitrogens with zero attached hydrogens (tertiary/aromatic N) is 3. The van der Waals surface area contributed by atoms with E-state index < -0.39 is 0 Å². The van der Waals surface area contributed by atoms with Crippen LogP contribution >= 0.6 is 23.1 Å². The summed E-state index contributed by atoms with van der Waals surface area (Å²) in [5.74, 6) is 0.486. The van der Waals surface area contributed by atoms with Crippen molar-refractivity contribution in [2.45, 2.75) is 10.9 Å².